The Hall–Kier alpha value is -1.04. The Morgan fingerprint density at radius 2 is 1.61 bits per heavy atom. The number of hydrogen-bond acceptors (Lipinski definition) is 0. The molecule has 0 amide bonds. The highest BCUT2D eigenvalue weighted by Crippen LogP contribution is 2.15. The van der Waals surface area contributed by atoms with E-state index in [1.54, 1.807) is 0 Å². The van der Waals surface area contributed by atoms with Gasteiger partial charge in [-0.05, 0) is 29.9 Å². The van der Waals surface area contributed by atoms with E-state index in [1.165, 1.54) is 49.7 Å². The number of hydrogen-bond donors (Lipinski definition) is 0. The third-order valence-corrected chi connectivity index (χ3v) is 3.39. The van der Waals surface area contributed by atoms with Gasteiger partial charge in [-0.1, -0.05) is 82.9 Å². The highest BCUT2D eigenvalue weighted by molar-refractivity contribution is 5.49. The smallest absolute Gasteiger partial charge is 0.0219 e. The summed E-state index contributed by atoms with van der Waals surface area (Å²) < 4.78 is 0. The molecule has 0 aliphatic rings. The molecule has 0 heteroatoms. The van der Waals surface area contributed by atoms with Gasteiger partial charge in [0.2, 0.25) is 0 Å². The highest BCUT2D eigenvalue weighted by atomic mass is 14.0. The van der Waals surface area contributed by atoms with Gasteiger partial charge < -0.3 is 0 Å². The molecule has 1 aromatic carbocycles. The number of allylic oxidation sites excluding steroid dienone is 1. The summed E-state index contributed by atoms with van der Waals surface area (Å²) in [5.41, 5.74) is 2.75. The lowest BCUT2D eigenvalue weighted by Gasteiger charge is -2.04. The largest absolute Gasteiger partial charge is 0.0839 e. The molecule has 0 aliphatic heterocycles. The van der Waals surface area contributed by atoms with Gasteiger partial charge in [-0.15, -0.1) is 0 Å². The second kappa shape index (κ2) is 8.97. The zero-order valence-electron chi connectivity index (χ0n) is 12.3. The van der Waals surface area contributed by atoms with Crippen LogP contribution >= 0.6 is 0 Å². The molecule has 100 valence electrons. The quantitative estimate of drug-likeness (QED) is 0.479. The molecule has 0 saturated heterocycles. The maximum Gasteiger partial charge on any atom is -0.0219 e. The maximum absolute atomic E-state index is 2.32. The Labute approximate surface area is 113 Å². The van der Waals surface area contributed by atoms with Crippen LogP contribution in [0.15, 0.2) is 30.3 Å². The van der Waals surface area contributed by atoms with E-state index >= 15 is 0 Å². The lowest BCUT2D eigenvalue weighted by molar-refractivity contribution is 0.638. The van der Waals surface area contributed by atoms with E-state index in [9.17, 15) is 0 Å². The summed E-state index contributed by atoms with van der Waals surface area (Å²) in [6, 6.07) is 8.93. The lowest BCUT2D eigenvalue weighted by atomic mass is 10.0. The zero-order chi connectivity index (χ0) is 13.2. The predicted octanol–water partition coefficient (Wildman–Crippen LogP) is 6.18. The van der Waals surface area contributed by atoms with Crippen molar-refractivity contribution >= 4 is 6.08 Å². The first-order valence-corrected chi connectivity index (χ1v) is 7.50. The van der Waals surface area contributed by atoms with Crippen LogP contribution in [0.1, 0.15) is 76.3 Å². The topological polar surface area (TPSA) is 0 Å². The van der Waals surface area contributed by atoms with Crippen molar-refractivity contribution in [2.75, 3.05) is 0 Å². The van der Waals surface area contributed by atoms with Gasteiger partial charge in [0.05, 0.1) is 0 Å². The minimum atomic E-state index is 0.626. The van der Waals surface area contributed by atoms with Crippen molar-refractivity contribution in [3.8, 4) is 0 Å². The van der Waals surface area contributed by atoms with Gasteiger partial charge in [0.15, 0.2) is 0 Å². The molecule has 0 nitrogen and oxygen atoms in total. The molecule has 0 bridgehead atoms. The van der Waals surface area contributed by atoms with Crippen LogP contribution in [0.4, 0.5) is 0 Å². The molecular weight excluding hydrogens is 216 g/mol. The van der Waals surface area contributed by atoms with Crippen molar-refractivity contribution < 1.29 is 0 Å². The Balaban J connectivity index is 2.25. The fraction of sp³-hybridized carbons (Fsp3) is 0.556. The summed E-state index contributed by atoms with van der Waals surface area (Å²) in [5.74, 6) is 0.626. The summed E-state index contributed by atoms with van der Waals surface area (Å²) in [7, 11) is 0. The molecule has 1 aromatic rings. The van der Waals surface area contributed by atoms with E-state index in [1.807, 2.05) is 0 Å². The molecule has 18 heavy (non-hydrogen) atoms. The fourth-order valence-electron chi connectivity index (χ4n) is 2.08. The normalized spacial score (nSPS) is 11.6. The van der Waals surface area contributed by atoms with E-state index in [0.717, 1.165) is 0 Å². The first kappa shape index (κ1) is 15.0. The van der Waals surface area contributed by atoms with E-state index in [-0.39, 0.29) is 0 Å². The number of rotatable bonds is 8. The van der Waals surface area contributed by atoms with Gasteiger partial charge in [-0.3, -0.25) is 0 Å². The van der Waals surface area contributed by atoms with E-state index in [0.29, 0.717) is 5.92 Å². The summed E-state index contributed by atoms with van der Waals surface area (Å²) in [6.07, 6.45) is 12.6. The van der Waals surface area contributed by atoms with Gasteiger partial charge in [0, 0.05) is 0 Å². The minimum absolute atomic E-state index is 0.626. The van der Waals surface area contributed by atoms with Crippen LogP contribution < -0.4 is 0 Å². The molecule has 0 atom stereocenters. The molecule has 0 aliphatic carbocycles. The second-order valence-corrected chi connectivity index (χ2v) is 5.43. The maximum atomic E-state index is 2.32. The molecule has 0 heterocycles. The molecule has 0 aromatic heterocycles. The van der Waals surface area contributed by atoms with Crippen LogP contribution in [0.3, 0.4) is 0 Å². The summed E-state index contributed by atoms with van der Waals surface area (Å²) >= 11 is 0. The number of unbranched alkanes of at least 4 members (excludes halogenated alkanes) is 5. The van der Waals surface area contributed by atoms with E-state index in [2.05, 4.69) is 57.2 Å². The van der Waals surface area contributed by atoms with E-state index in [4.69, 9.17) is 0 Å². The van der Waals surface area contributed by atoms with Crippen LogP contribution in [0.2, 0.25) is 0 Å². The fourth-order valence-corrected chi connectivity index (χ4v) is 2.08. The molecular formula is C18H28. The molecule has 0 unspecified atom stereocenters. The van der Waals surface area contributed by atoms with Crippen molar-refractivity contribution in [3.63, 3.8) is 0 Å². The molecule has 0 saturated carbocycles. The zero-order valence-corrected chi connectivity index (χ0v) is 12.3. The third-order valence-electron chi connectivity index (χ3n) is 3.39. The first-order valence-electron chi connectivity index (χ1n) is 7.50. The Morgan fingerprint density at radius 3 is 2.22 bits per heavy atom. The van der Waals surface area contributed by atoms with Crippen LogP contribution in [-0.4, -0.2) is 0 Å². The van der Waals surface area contributed by atoms with Crippen molar-refractivity contribution in [1.29, 1.82) is 0 Å². The molecule has 0 radical (unpaired) electrons. The molecule has 0 fully saturated rings. The van der Waals surface area contributed by atoms with Crippen molar-refractivity contribution in [1.82, 2.24) is 0 Å². The molecule has 0 spiro atoms. The molecule has 1 rings (SSSR count). The predicted molar refractivity (Wildman–Crippen MR) is 82.9 cm³/mol. The van der Waals surface area contributed by atoms with Crippen molar-refractivity contribution in [3.05, 3.63) is 41.5 Å². The Morgan fingerprint density at radius 1 is 0.944 bits per heavy atom. The van der Waals surface area contributed by atoms with Crippen molar-refractivity contribution in [2.24, 2.45) is 0 Å². The van der Waals surface area contributed by atoms with Gasteiger partial charge >= 0.3 is 0 Å². The average Bonchev–Trinajstić information content (AvgIpc) is 2.38. The first-order chi connectivity index (χ1) is 8.74. The highest BCUT2D eigenvalue weighted by Gasteiger charge is 1.96. The minimum Gasteiger partial charge on any atom is -0.0839 e. The standard InChI is InChI=1S/C18H28/c1-4-5-6-7-8-9-10-11-17-12-14-18(15-13-17)16(2)3/h10-16H,4-9H2,1-3H3. The third kappa shape index (κ3) is 6.05. The lowest BCUT2D eigenvalue weighted by Crippen LogP contribution is -1.85. The summed E-state index contributed by atoms with van der Waals surface area (Å²) in [4.78, 5) is 0. The Bertz CT molecular complexity index is 330. The van der Waals surface area contributed by atoms with Gasteiger partial charge in [-0.25, -0.2) is 0 Å². The van der Waals surface area contributed by atoms with Crippen LogP contribution in [0.5, 0.6) is 0 Å². The van der Waals surface area contributed by atoms with Gasteiger partial charge in [-0.2, -0.15) is 0 Å². The summed E-state index contributed by atoms with van der Waals surface area (Å²) in [6.45, 7) is 6.74. The SMILES string of the molecule is CCCCCCCC=Cc1ccc(C(C)C)cc1. The average molecular weight is 244 g/mol. The van der Waals surface area contributed by atoms with Crippen LogP contribution in [0.25, 0.3) is 6.08 Å². The Kier molecular flexibility index (Phi) is 7.48. The number of benzene rings is 1. The molecule has 0 N–H and O–H groups in total. The van der Waals surface area contributed by atoms with Crippen LogP contribution in [0, 0.1) is 0 Å². The monoisotopic (exact) mass is 244 g/mol. The van der Waals surface area contributed by atoms with Crippen molar-refractivity contribution in [2.45, 2.75) is 65.2 Å². The summed E-state index contributed by atoms with van der Waals surface area (Å²) in [5, 5.41) is 0. The second-order valence-electron chi connectivity index (χ2n) is 5.43. The van der Waals surface area contributed by atoms with Gasteiger partial charge in [0.1, 0.15) is 0 Å². The van der Waals surface area contributed by atoms with Crippen LogP contribution in [-0.2, 0) is 0 Å². The van der Waals surface area contributed by atoms with Gasteiger partial charge in [0.25, 0.3) is 0 Å². The van der Waals surface area contributed by atoms with E-state index < -0.39 is 0 Å².